The van der Waals surface area contributed by atoms with Crippen LogP contribution < -0.4 is 19.5 Å². The van der Waals surface area contributed by atoms with Crippen molar-refractivity contribution in [2.24, 2.45) is 0 Å². The third kappa shape index (κ3) is 7.65. The number of nitrogens with one attached hydrogen (secondary N) is 1. The lowest BCUT2D eigenvalue weighted by Crippen LogP contribution is -2.51. The zero-order chi connectivity index (χ0) is 25.9. The Bertz CT molecular complexity index is 1130. The molecule has 0 radical (unpaired) electrons. The minimum atomic E-state index is -0.748. The summed E-state index contributed by atoms with van der Waals surface area (Å²) in [5.74, 6) is 0.914. The zero-order valence-electron chi connectivity index (χ0n) is 20.7. The molecule has 0 bridgehead atoms. The molecule has 1 N–H and O–H groups in total. The molecule has 3 aromatic carbocycles. The molecule has 0 aliphatic rings. The van der Waals surface area contributed by atoms with Crippen LogP contribution in [0.15, 0.2) is 72.8 Å². The van der Waals surface area contributed by atoms with E-state index in [4.69, 9.17) is 25.8 Å². The van der Waals surface area contributed by atoms with Crippen molar-refractivity contribution >= 4 is 23.4 Å². The quantitative estimate of drug-likeness (QED) is 0.388. The molecule has 0 aliphatic carbocycles. The number of hydrogen-bond acceptors (Lipinski definition) is 5. The first kappa shape index (κ1) is 26.9. The summed E-state index contributed by atoms with van der Waals surface area (Å²) in [5, 5.41) is 3.42. The normalized spacial score (nSPS) is 11.3. The Morgan fingerprint density at radius 3 is 2.14 bits per heavy atom. The van der Waals surface area contributed by atoms with Gasteiger partial charge in [-0.3, -0.25) is 9.59 Å². The average molecular weight is 511 g/mol. The fraction of sp³-hybridized carbons (Fsp3) is 0.286. The molecule has 1 atom stereocenters. The predicted molar refractivity (Wildman–Crippen MR) is 140 cm³/mol. The van der Waals surface area contributed by atoms with Gasteiger partial charge in [-0.1, -0.05) is 54.1 Å². The van der Waals surface area contributed by atoms with Crippen molar-refractivity contribution in [3.05, 3.63) is 88.9 Å². The first-order valence-electron chi connectivity index (χ1n) is 11.6. The van der Waals surface area contributed by atoms with Crippen LogP contribution in [0.2, 0.25) is 5.02 Å². The monoisotopic (exact) mass is 510 g/mol. The van der Waals surface area contributed by atoms with Gasteiger partial charge in [0.05, 0.1) is 14.2 Å². The number of halogens is 1. The first-order valence-corrected chi connectivity index (χ1v) is 12.0. The summed E-state index contributed by atoms with van der Waals surface area (Å²) in [6.07, 6.45) is 0.353. The largest absolute Gasteiger partial charge is 0.496 e. The Morgan fingerprint density at radius 2 is 1.53 bits per heavy atom. The molecule has 0 aromatic heterocycles. The number of carbonyl (C=O) groups excluding carboxylic acids is 2. The number of nitrogens with zero attached hydrogens (tertiary/aromatic N) is 1. The second-order valence-electron chi connectivity index (χ2n) is 8.09. The van der Waals surface area contributed by atoms with Crippen molar-refractivity contribution in [2.75, 3.05) is 27.4 Å². The molecule has 2 amide bonds. The molecule has 190 valence electrons. The molecule has 8 heteroatoms. The van der Waals surface area contributed by atoms with Gasteiger partial charge >= 0.3 is 0 Å². The summed E-state index contributed by atoms with van der Waals surface area (Å²) in [6.45, 7) is 2.21. The smallest absolute Gasteiger partial charge is 0.261 e. The van der Waals surface area contributed by atoms with Crippen LogP contribution in [0.25, 0.3) is 0 Å². The van der Waals surface area contributed by atoms with Gasteiger partial charge in [-0.2, -0.15) is 0 Å². The molecule has 0 heterocycles. The molecular weight excluding hydrogens is 480 g/mol. The number of carbonyl (C=O) groups is 2. The van der Waals surface area contributed by atoms with E-state index in [0.29, 0.717) is 35.2 Å². The molecule has 0 saturated heterocycles. The Labute approximate surface area is 216 Å². The minimum Gasteiger partial charge on any atom is -0.496 e. The lowest BCUT2D eigenvalue weighted by atomic mass is 10.0. The fourth-order valence-electron chi connectivity index (χ4n) is 3.77. The summed E-state index contributed by atoms with van der Waals surface area (Å²) in [4.78, 5) is 28.3. The molecule has 7 nitrogen and oxygen atoms in total. The number of hydrogen-bond donors (Lipinski definition) is 1. The van der Waals surface area contributed by atoms with Crippen LogP contribution in [0.4, 0.5) is 0 Å². The maximum absolute atomic E-state index is 13.6. The molecule has 36 heavy (non-hydrogen) atoms. The van der Waals surface area contributed by atoms with Crippen LogP contribution in [0.5, 0.6) is 17.2 Å². The van der Waals surface area contributed by atoms with Gasteiger partial charge in [0, 0.05) is 42.7 Å². The van der Waals surface area contributed by atoms with E-state index in [2.05, 4.69) is 5.32 Å². The van der Waals surface area contributed by atoms with E-state index in [1.165, 1.54) is 14.2 Å². The highest BCUT2D eigenvalue weighted by Gasteiger charge is 2.30. The molecule has 0 fully saturated rings. The Hall–Kier alpha value is -3.71. The first-order chi connectivity index (χ1) is 17.4. The van der Waals surface area contributed by atoms with Crippen LogP contribution in [0, 0.1) is 0 Å². The summed E-state index contributed by atoms with van der Waals surface area (Å²) in [5.41, 5.74) is 1.75. The van der Waals surface area contributed by atoms with Crippen LogP contribution >= 0.6 is 11.6 Å². The summed E-state index contributed by atoms with van der Waals surface area (Å²) in [6, 6.07) is 21.1. The number of rotatable bonds is 12. The highest BCUT2D eigenvalue weighted by molar-refractivity contribution is 6.30. The van der Waals surface area contributed by atoms with Gasteiger partial charge in [-0.15, -0.1) is 0 Å². The van der Waals surface area contributed by atoms with Crippen LogP contribution in [-0.4, -0.2) is 50.1 Å². The van der Waals surface area contributed by atoms with E-state index in [9.17, 15) is 9.59 Å². The van der Waals surface area contributed by atoms with E-state index in [-0.39, 0.29) is 25.0 Å². The second-order valence-corrected chi connectivity index (χ2v) is 8.53. The third-order valence-corrected chi connectivity index (χ3v) is 5.79. The van der Waals surface area contributed by atoms with Crippen LogP contribution in [-0.2, 0) is 22.6 Å². The van der Waals surface area contributed by atoms with E-state index in [0.717, 1.165) is 11.1 Å². The lowest BCUT2D eigenvalue weighted by molar-refractivity contribution is -0.142. The number of benzene rings is 3. The van der Waals surface area contributed by atoms with Gasteiger partial charge in [-0.25, -0.2) is 0 Å². The van der Waals surface area contributed by atoms with Crippen LogP contribution in [0.1, 0.15) is 18.1 Å². The Kier molecular flexibility index (Phi) is 10.0. The number of methoxy groups -OCH3 is 2. The molecule has 0 spiro atoms. The topological polar surface area (TPSA) is 77.1 Å². The van der Waals surface area contributed by atoms with Gasteiger partial charge < -0.3 is 24.4 Å². The predicted octanol–water partition coefficient (Wildman–Crippen LogP) is 4.51. The van der Waals surface area contributed by atoms with Crippen molar-refractivity contribution in [3.63, 3.8) is 0 Å². The highest BCUT2D eigenvalue weighted by atomic mass is 35.5. The lowest BCUT2D eigenvalue weighted by Gasteiger charge is -2.31. The average Bonchev–Trinajstić information content (AvgIpc) is 2.89. The van der Waals surface area contributed by atoms with Crippen molar-refractivity contribution in [1.82, 2.24) is 10.2 Å². The van der Waals surface area contributed by atoms with Gasteiger partial charge in [0.2, 0.25) is 5.91 Å². The maximum Gasteiger partial charge on any atom is 0.261 e. The van der Waals surface area contributed by atoms with Crippen molar-refractivity contribution in [1.29, 1.82) is 0 Å². The molecule has 0 aliphatic heterocycles. The van der Waals surface area contributed by atoms with Crippen LogP contribution in [0.3, 0.4) is 0 Å². The molecule has 3 aromatic rings. The van der Waals surface area contributed by atoms with Gasteiger partial charge in [0.25, 0.3) is 5.91 Å². The molecule has 0 saturated carbocycles. The SMILES string of the molecule is CCNC(=O)[C@H](Cc1ccccc1)N(Cc1cccc(Cl)c1)C(=O)COc1cc(OC)cc(OC)c1. The van der Waals surface area contributed by atoms with E-state index < -0.39 is 6.04 Å². The minimum absolute atomic E-state index is 0.193. The molecular formula is C28H31ClN2O5. The third-order valence-electron chi connectivity index (χ3n) is 5.55. The maximum atomic E-state index is 13.6. The number of amides is 2. The van der Waals surface area contributed by atoms with Gasteiger partial charge in [0.1, 0.15) is 23.3 Å². The van der Waals surface area contributed by atoms with Gasteiger partial charge in [-0.05, 0) is 30.2 Å². The van der Waals surface area contributed by atoms with Crippen molar-refractivity contribution in [3.8, 4) is 17.2 Å². The highest BCUT2D eigenvalue weighted by Crippen LogP contribution is 2.27. The summed E-state index contributed by atoms with van der Waals surface area (Å²) >= 11 is 6.20. The number of likely N-dealkylation sites (N-methyl/N-ethyl adjacent to an activating group) is 1. The zero-order valence-corrected chi connectivity index (χ0v) is 21.5. The summed E-state index contributed by atoms with van der Waals surface area (Å²) in [7, 11) is 3.08. The van der Waals surface area contributed by atoms with Crippen molar-refractivity contribution in [2.45, 2.75) is 25.9 Å². The standard InChI is InChI=1S/C28H31ClN2O5/c1-4-30-28(33)26(14-20-9-6-5-7-10-20)31(18-21-11-8-12-22(29)13-21)27(32)19-36-25-16-23(34-2)15-24(17-25)35-3/h5-13,15-17,26H,4,14,18-19H2,1-3H3,(H,30,33)/t26-/m0/s1. The van der Waals surface area contributed by atoms with E-state index in [1.54, 1.807) is 35.2 Å². The Balaban J connectivity index is 1.90. The van der Waals surface area contributed by atoms with Crippen molar-refractivity contribution < 1.29 is 23.8 Å². The van der Waals surface area contributed by atoms with E-state index >= 15 is 0 Å². The Morgan fingerprint density at radius 1 is 0.889 bits per heavy atom. The fourth-order valence-corrected chi connectivity index (χ4v) is 3.98. The second kappa shape index (κ2) is 13.4. The number of ether oxygens (including phenoxy) is 3. The summed E-state index contributed by atoms with van der Waals surface area (Å²) < 4.78 is 16.4. The molecule has 3 rings (SSSR count). The molecule has 0 unspecified atom stereocenters. The van der Waals surface area contributed by atoms with Gasteiger partial charge in [0.15, 0.2) is 6.61 Å². The van der Waals surface area contributed by atoms with E-state index in [1.807, 2.05) is 49.4 Å².